The van der Waals surface area contributed by atoms with Crippen LogP contribution in [0.3, 0.4) is 0 Å². The maximum absolute atomic E-state index is 12.5. The van der Waals surface area contributed by atoms with Crippen LogP contribution in [-0.2, 0) is 4.79 Å². The molecular weight excluding hydrogens is 434 g/mol. The number of aliphatic imine (C=N–C) groups is 1. The highest BCUT2D eigenvalue weighted by atomic mass is 32.2. The predicted molar refractivity (Wildman–Crippen MR) is 122 cm³/mol. The van der Waals surface area contributed by atoms with Crippen molar-refractivity contribution in [1.82, 2.24) is 5.01 Å². The van der Waals surface area contributed by atoms with Crippen LogP contribution in [-0.4, -0.2) is 39.0 Å². The fourth-order valence-corrected chi connectivity index (χ4v) is 4.10. The fraction of sp³-hybridized carbons (Fsp3) is 0.238. The van der Waals surface area contributed by atoms with Crippen LogP contribution in [0.15, 0.2) is 50.4 Å². The van der Waals surface area contributed by atoms with Crippen LogP contribution in [0.25, 0.3) is 17.4 Å². The van der Waals surface area contributed by atoms with Crippen LogP contribution in [0, 0.1) is 15.5 Å². The summed E-state index contributed by atoms with van der Waals surface area (Å²) in [6.07, 6.45) is 4.14. The molecule has 0 saturated heterocycles. The van der Waals surface area contributed by atoms with Gasteiger partial charge >= 0.3 is 0 Å². The smallest absolute Gasteiger partial charge is 0.284 e. The van der Waals surface area contributed by atoms with Crippen molar-refractivity contribution >= 4 is 45.5 Å². The molecule has 0 bridgehead atoms. The Kier molecular flexibility index (Phi) is 5.91. The van der Waals surface area contributed by atoms with Gasteiger partial charge in [0, 0.05) is 0 Å². The Labute approximate surface area is 187 Å². The third-order valence-electron chi connectivity index (χ3n) is 4.82. The Morgan fingerprint density at radius 3 is 2.88 bits per heavy atom. The molecule has 1 amide bonds. The minimum absolute atomic E-state index is 0.0278. The molecule has 0 radical (unpaired) electrons. The number of fused-ring (bicyclic) bond motifs is 1. The Morgan fingerprint density at radius 2 is 2.16 bits per heavy atom. The molecule has 2 aliphatic rings. The van der Waals surface area contributed by atoms with Crippen molar-refractivity contribution in [2.75, 3.05) is 7.11 Å². The summed E-state index contributed by atoms with van der Waals surface area (Å²) in [7, 11) is 1.43. The molecule has 32 heavy (non-hydrogen) atoms. The van der Waals surface area contributed by atoms with E-state index in [1.807, 2.05) is 0 Å². The molecule has 2 aliphatic heterocycles. The number of ether oxygens (including phenoxy) is 1. The van der Waals surface area contributed by atoms with Gasteiger partial charge in [0.05, 0.1) is 29.2 Å². The molecule has 4 rings (SSSR count). The van der Waals surface area contributed by atoms with Gasteiger partial charge in [-0.2, -0.15) is 15.1 Å². The number of hydrogen-bond donors (Lipinski definition) is 1. The molecule has 164 valence electrons. The van der Waals surface area contributed by atoms with E-state index in [4.69, 9.17) is 14.6 Å². The topological polar surface area (TPSA) is 134 Å². The molecular formula is C21H19N5O5S. The second-order valence-corrected chi connectivity index (χ2v) is 8.00. The maximum Gasteiger partial charge on any atom is 0.284 e. The van der Waals surface area contributed by atoms with Crippen LogP contribution in [0.2, 0.25) is 0 Å². The molecule has 1 aromatic carbocycles. The number of amidine groups is 2. The molecule has 2 aromatic rings. The van der Waals surface area contributed by atoms with E-state index in [9.17, 15) is 14.9 Å². The number of carbonyl (C=O) groups excluding carboxylic acids is 1. The van der Waals surface area contributed by atoms with Crippen molar-refractivity contribution in [2.24, 2.45) is 10.1 Å². The highest BCUT2D eigenvalue weighted by molar-refractivity contribution is 8.26. The van der Waals surface area contributed by atoms with Gasteiger partial charge in [0.15, 0.2) is 5.84 Å². The average molecular weight is 453 g/mol. The van der Waals surface area contributed by atoms with E-state index in [-0.39, 0.29) is 34.2 Å². The summed E-state index contributed by atoms with van der Waals surface area (Å²) in [6.45, 7) is 2.08. The van der Waals surface area contributed by atoms with E-state index in [0.29, 0.717) is 10.9 Å². The van der Waals surface area contributed by atoms with Gasteiger partial charge in [0.2, 0.25) is 5.17 Å². The van der Waals surface area contributed by atoms with Gasteiger partial charge in [-0.1, -0.05) is 13.3 Å². The molecule has 0 spiro atoms. The monoisotopic (exact) mass is 453 g/mol. The summed E-state index contributed by atoms with van der Waals surface area (Å²) in [5.41, 5.74) is 0.128. The number of rotatable bonds is 7. The van der Waals surface area contributed by atoms with Crippen molar-refractivity contribution in [3.63, 3.8) is 0 Å². The zero-order valence-corrected chi connectivity index (χ0v) is 18.1. The average Bonchev–Trinajstić information content (AvgIpc) is 3.41. The van der Waals surface area contributed by atoms with Gasteiger partial charge in [-0.25, -0.2) is 0 Å². The molecule has 0 saturated carbocycles. The van der Waals surface area contributed by atoms with E-state index in [0.717, 1.165) is 24.3 Å². The number of amides is 1. The minimum atomic E-state index is -0.561. The molecule has 3 heterocycles. The molecule has 0 atom stereocenters. The lowest BCUT2D eigenvalue weighted by Gasteiger charge is -2.19. The van der Waals surface area contributed by atoms with Crippen LogP contribution in [0.5, 0.6) is 5.75 Å². The highest BCUT2D eigenvalue weighted by Crippen LogP contribution is 2.35. The number of furan rings is 1. The van der Waals surface area contributed by atoms with Crippen LogP contribution in [0.1, 0.15) is 31.9 Å². The standard InChI is InChI=1S/C21H19N5O5S/c1-3-4-5-18-24-25-19(22)15(20(27)23-21(25)32-18)10-13-7-9-17(31-13)14-8-6-12(30-2)11-16(14)26(28)29/h6-11,22H,3-5H2,1-2H3/b15-10+,22-19?. The third-order valence-corrected chi connectivity index (χ3v) is 5.79. The van der Waals surface area contributed by atoms with Crippen molar-refractivity contribution in [2.45, 2.75) is 26.2 Å². The normalized spacial score (nSPS) is 16.8. The third kappa shape index (κ3) is 4.06. The number of benzene rings is 1. The van der Waals surface area contributed by atoms with Crippen molar-refractivity contribution < 1.29 is 18.9 Å². The Morgan fingerprint density at radius 1 is 1.34 bits per heavy atom. The predicted octanol–water partition coefficient (Wildman–Crippen LogP) is 4.67. The lowest BCUT2D eigenvalue weighted by molar-refractivity contribution is -0.384. The zero-order chi connectivity index (χ0) is 22.8. The summed E-state index contributed by atoms with van der Waals surface area (Å²) in [5, 5.41) is 26.8. The van der Waals surface area contributed by atoms with E-state index in [2.05, 4.69) is 17.0 Å². The Balaban J connectivity index is 1.63. The van der Waals surface area contributed by atoms with Crippen LogP contribution >= 0.6 is 11.8 Å². The number of nitrogens with zero attached hydrogens (tertiary/aromatic N) is 4. The number of methoxy groups -OCH3 is 1. The minimum Gasteiger partial charge on any atom is -0.497 e. The van der Waals surface area contributed by atoms with Gasteiger partial charge in [-0.05, 0) is 54.9 Å². The number of hydrazone groups is 1. The van der Waals surface area contributed by atoms with Gasteiger partial charge in [-0.15, -0.1) is 0 Å². The number of thioether (sulfide) groups is 1. The van der Waals surface area contributed by atoms with Crippen molar-refractivity contribution in [3.8, 4) is 17.1 Å². The number of nitro benzene ring substituents is 1. The first-order valence-electron chi connectivity index (χ1n) is 9.83. The summed E-state index contributed by atoms with van der Waals surface area (Å²) in [4.78, 5) is 27.5. The molecule has 11 heteroatoms. The zero-order valence-electron chi connectivity index (χ0n) is 17.3. The second-order valence-electron chi connectivity index (χ2n) is 6.96. The first kappa shape index (κ1) is 21.5. The molecule has 1 aromatic heterocycles. The molecule has 0 aliphatic carbocycles. The summed E-state index contributed by atoms with van der Waals surface area (Å²) < 4.78 is 10.8. The lowest BCUT2D eigenvalue weighted by atomic mass is 10.1. The van der Waals surface area contributed by atoms with E-state index >= 15 is 0 Å². The number of carbonyl (C=O) groups is 1. The Hall–Kier alpha value is -3.73. The van der Waals surface area contributed by atoms with Crippen molar-refractivity contribution in [3.05, 3.63) is 51.8 Å². The van der Waals surface area contributed by atoms with Gasteiger partial charge in [-0.3, -0.25) is 20.3 Å². The van der Waals surface area contributed by atoms with Crippen molar-refractivity contribution in [1.29, 1.82) is 5.41 Å². The highest BCUT2D eigenvalue weighted by Gasteiger charge is 2.35. The van der Waals surface area contributed by atoms with Gasteiger partial charge in [0.1, 0.15) is 22.3 Å². The van der Waals surface area contributed by atoms with E-state index in [1.165, 1.54) is 42.1 Å². The van der Waals surface area contributed by atoms with Gasteiger partial charge in [0.25, 0.3) is 11.6 Å². The number of nitro groups is 1. The molecule has 10 nitrogen and oxygen atoms in total. The number of nitrogens with one attached hydrogen (secondary N) is 1. The summed E-state index contributed by atoms with van der Waals surface area (Å²) >= 11 is 1.30. The van der Waals surface area contributed by atoms with E-state index < -0.39 is 10.8 Å². The van der Waals surface area contributed by atoms with Crippen LogP contribution in [0.4, 0.5) is 5.69 Å². The maximum atomic E-state index is 12.5. The Bertz CT molecular complexity index is 1210. The summed E-state index contributed by atoms with van der Waals surface area (Å²) in [6, 6.07) is 7.58. The summed E-state index contributed by atoms with van der Waals surface area (Å²) in [5.74, 6) is 0.216. The lowest BCUT2D eigenvalue weighted by Crippen LogP contribution is -2.35. The first-order valence-corrected chi connectivity index (χ1v) is 10.6. The first-order chi connectivity index (χ1) is 15.4. The molecule has 1 N–H and O–H groups in total. The van der Waals surface area contributed by atoms with Crippen LogP contribution < -0.4 is 4.74 Å². The second kappa shape index (κ2) is 8.79. The molecule has 0 unspecified atom stereocenters. The largest absolute Gasteiger partial charge is 0.497 e. The number of hydrogen-bond acceptors (Lipinski definition) is 8. The van der Waals surface area contributed by atoms with Gasteiger partial charge < -0.3 is 9.15 Å². The number of unbranched alkanes of at least 4 members (excludes halogenated alkanes) is 1. The quantitative estimate of drug-likeness (QED) is 0.365. The SMILES string of the molecule is CCCCC1=NN2C(=N)/C(=C\c3ccc(-c4ccc(OC)cc4[N+](=O)[O-])o3)C(=O)N=C2S1. The fourth-order valence-electron chi connectivity index (χ4n) is 3.18. The van der Waals surface area contributed by atoms with E-state index in [1.54, 1.807) is 18.2 Å². The molecule has 0 fully saturated rings.